The van der Waals surface area contributed by atoms with Crippen LogP contribution >= 0.6 is 0 Å². The average molecular weight is 611 g/mol. The molecule has 0 spiro atoms. The Morgan fingerprint density at radius 3 is 1.36 bits per heavy atom. The molecule has 0 aliphatic carbocycles. The summed E-state index contributed by atoms with van der Waals surface area (Å²) in [4.78, 5) is 12.3. The first-order valence-corrected chi connectivity index (χ1v) is 15.2. The molecule has 5 rings (SSSR count). The van der Waals surface area contributed by atoms with Gasteiger partial charge in [-0.2, -0.15) is 16.4 Å². The molecule has 5 aromatic rings. The molecule has 7 heteroatoms. The molecule has 224 valence electrons. The average Bonchev–Trinajstić information content (AvgIpc) is 3.01. The Bertz CT molecular complexity index is 1590. The number of hydrogen-bond acceptors (Lipinski definition) is 2. The second-order valence-corrected chi connectivity index (χ2v) is 12.6. The fourth-order valence-corrected chi connectivity index (χ4v) is 6.79. The molecule has 2 nitrogen and oxygen atoms in total. The quantitative estimate of drug-likeness (QED) is 0.107. The second kappa shape index (κ2) is 14.0. The Kier molecular flexibility index (Phi) is 10.3. The lowest BCUT2D eigenvalue weighted by Gasteiger charge is -2.54. The first-order chi connectivity index (χ1) is 21.0. The topological polar surface area (TPSA) is 34.1 Å². The van der Waals surface area contributed by atoms with E-state index in [1.54, 1.807) is 60.7 Å². The van der Waals surface area contributed by atoms with Crippen LogP contribution < -0.4 is 16.4 Å². The van der Waals surface area contributed by atoms with Crippen molar-refractivity contribution in [3.8, 4) is 0 Å². The van der Waals surface area contributed by atoms with Crippen LogP contribution in [0.5, 0.6) is 0 Å². The van der Waals surface area contributed by atoms with Crippen molar-refractivity contribution in [1.29, 1.82) is 0 Å². The van der Waals surface area contributed by atoms with Gasteiger partial charge in [-0.15, -0.1) is 5.31 Å². The van der Waals surface area contributed by atoms with E-state index in [2.05, 4.69) is 20.8 Å². The van der Waals surface area contributed by atoms with Crippen LogP contribution in [-0.2, 0) is 15.9 Å². The first kappa shape index (κ1) is 32.6. The van der Waals surface area contributed by atoms with E-state index >= 15 is 0 Å². The number of carbonyl (C=O) groups excluding carboxylic acids is 1. The molecule has 44 heavy (non-hydrogen) atoms. The van der Waals surface area contributed by atoms with Crippen LogP contribution in [0.25, 0.3) is 0 Å². The lowest BCUT2D eigenvalue weighted by molar-refractivity contribution is 0.0988. The summed E-state index contributed by atoms with van der Waals surface area (Å²) in [6, 6.07) is 35.7. The molecule has 0 saturated carbocycles. The molecule has 0 fully saturated rings. The van der Waals surface area contributed by atoms with Crippen LogP contribution in [0.15, 0.2) is 127 Å². The molecular weight excluding hydrogens is 576 g/mol. The Balaban J connectivity index is 0.000000215. The zero-order chi connectivity index (χ0) is 31.9. The van der Waals surface area contributed by atoms with Gasteiger partial charge in [0.15, 0.2) is 0 Å². The first-order valence-electron chi connectivity index (χ1n) is 14.4. The van der Waals surface area contributed by atoms with E-state index in [9.17, 15) is 22.2 Å². The molecule has 5 aromatic carbocycles. The molecule has 0 amide bonds. The third-order valence-electron chi connectivity index (χ3n) is 8.27. The van der Waals surface area contributed by atoms with E-state index < -0.39 is 11.4 Å². The molecule has 1 unspecified atom stereocenters. The molecule has 0 heterocycles. The molecule has 1 atom stereocenters. The van der Waals surface area contributed by atoms with Gasteiger partial charge in [-0.1, -0.05) is 112 Å². The molecular formula is C37H34BF3O2S. The summed E-state index contributed by atoms with van der Waals surface area (Å²) >= 11 is 0.341. The monoisotopic (exact) mass is 610 g/mol. The van der Waals surface area contributed by atoms with Gasteiger partial charge in [0.25, 0.3) is 0 Å². The van der Waals surface area contributed by atoms with E-state index in [-0.39, 0.29) is 28.5 Å². The maximum absolute atomic E-state index is 13.6. The van der Waals surface area contributed by atoms with Gasteiger partial charge in [-0.3, -0.25) is 4.79 Å². The summed E-state index contributed by atoms with van der Waals surface area (Å²) in [6.07, 6.45) is -1.60. The molecule has 0 aromatic heterocycles. The highest BCUT2D eigenvalue weighted by Crippen LogP contribution is 2.36. The van der Waals surface area contributed by atoms with Gasteiger partial charge in [-0.05, 0) is 48.9 Å². The fourth-order valence-electron chi connectivity index (χ4n) is 6.20. The second-order valence-electron chi connectivity index (χ2n) is 11.9. The van der Waals surface area contributed by atoms with Crippen LogP contribution in [-0.4, -0.2) is 11.9 Å². The summed E-state index contributed by atoms with van der Waals surface area (Å²) in [7, 11) is 0. The number of hydrogen-bond donors (Lipinski definition) is 0. The van der Waals surface area contributed by atoms with Crippen molar-refractivity contribution in [3.05, 3.63) is 162 Å². The van der Waals surface area contributed by atoms with E-state index in [1.165, 1.54) is 36.4 Å². The van der Waals surface area contributed by atoms with Gasteiger partial charge in [0.2, 0.25) is 5.78 Å². The predicted octanol–water partition coefficient (Wildman–Crippen LogP) is 7.72. The molecule has 0 radical (unpaired) electrons. The van der Waals surface area contributed by atoms with Crippen LogP contribution in [0.1, 0.15) is 47.5 Å². The van der Waals surface area contributed by atoms with E-state index in [0.717, 1.165) is 27.5 Å². The van der Waals surface area contributed by atoms with Crippen molar-refractivity contribution in [1.82, 2.24) is 0 Å². The molecule has 0 bridgehead atoms. The summed E-state index contributed by atoms with van der Waals surface area (Å²) < 4.78 is 52.1. The number of aryl methyl sites for hydroxylation is 1. The summed E-state index contributed by atoms with van der Waals surface area (Å²) in [5.41, 5.74) is 5.13. The number of ketones is 1. The summed E-state index contributed by atoms with van der Waals surface area (Å²) in [6.45, 7) is 8.21. The Labute approximate surface area is 261 Å². The van der Waals surface area contributed by atoms with Crippen LogP contribution in [0.2, 0.25) is 5.31 Å². The summed E-state index contributed by atoms with van der Waals surface area (Å²) in [5.74, 6) is -1.08. The third-order valence-corrected chi connectivity index (χ3v) is 8.93. The van der Waals surface area contributed by atoms with E-state index in [4.69, 9.17) is 0 Å². The Morgan fingerprint density at radius 2 is 1.00 bits per heavy atom. The Hall–Kier alpha value is -4.36. The van der Waals surface area contributed by atoms with Crippen molar-refractivity contribution >= 4 is 40.0 Å². The highest BCUT2D eigenvalue weighted by Gasteiger charge is 2.40. The number of carbonyl (C=O) groups is 1. The van der Waals surface area contributed by atoms with E-state index in [1.807, 2.05) is 37.3 Å². The number of benzene rings is 5. The minimum atomic E-state index is -1.60. The Morgan fingerprint density at radius 1 is 0.614 bits per heavy atom. The smallest absolute Gasteiger partial charge is 0.287 e. The molecule has 0 aliphatic rings. The molecule has 0 aliphatic heterocycles. The van der Waals surface area contributed by atoms with Gasteiger partial charge >= 0.3 is 16.9 Å². The van der Waals surface area contributed by atoms with Crippen molar-refractivity contribution in [2.24, 2.45) is 0 Å². The normalized spacial score (nSPS) is 12.1. The fraction of sp³-hybridized carbons (Fsp3) is 0.162. The highest BCUT2D eigenvalue weighted by atomic mass is 32.1. The minimum Gasteiger partial charge on any atom is -0.287 e. The highest BCUT2D eigenvalue weighted by molar-refractivity contribution is 7.67. The lowest BCUT2D eigenvalue weighted by atomic mass is 9.07. The number of rotatable bonds is 7. The van der Waals surface area contributed by atoms with Gasteiger partial charge in [-0.25, -0.2) is 13.2 Å². The molecule has 0 N–H and O–H groups in total. The van der Waals surface area contributed by atoms with Crippen molar-refractivity contribution in [2.45, 2.75) is 38.3 Å². The largest absolute Gasteiger partial charge is 0.476 e. The SMILES string of the molecule is CC(C)(C)[B-](c1ccc(F)cc1)(c1ccc(F)cc1)c1ccc(F)cc1.Cc1ccccc1C([S+]=O)C(=O)c1ccccc1. The van der Waals surface area contributed by atoms with Crippen LogP contribution in [0, 0.1) is 24.4 Å². The number of halogens is 3. The van der Waals surface area contributed by atoms with Crippen molar-refractivity contribution in [2.75, 3.05) is 0 Å². The van der Waals surface area contributed by atoms with Crippen LogP contribution in [0.4, 0.5) is 13.2 Å². The van der Waals surface area contributed by atoms with Gasteiger partial charge < -0.3 is 0 Å². The van der Waals surface area contributed by atoms with Crippen molar-refractivity contribution in [3.63, 3.8) is 0 Å². The van der Waals surface area contributed by atoms with E-state index in [0.29, 0.717) is 17.2 Å². The summed E-state index contributed by atoms with van der Waals surface area (Å²) in [5, 5.41) is -0.971. The minimum absolute atomic E-state index is 0.134. The van der Waals surface area contributed by atoms with Gasteiger partial charge in [0.1, 0.15) is 17.5 Å². The maximum Gasteiger partial charge on any atom is 0.476 e. The van der Waals surface area contributed by atoms with Crippen LogP contribution in [0.3, 0.4) is 0 Å². The zero-order valence-corrected chi connectivity index (χ0v) is 26.0. The molecule has 0 saturated heterocycles. The maximum atomic E-state index is 13.6. The number of Topliss-reactive ketones (excluding diaryl/α,β-unsaturated/α-hetero) is 1. The standard InChI is InChI=1S/C22H21BF3.C15H13O2S/c1-22(2,3)23(16-4-10-19(24)11-5-16,17-6-12-20(25)13-7-17)18-8-14-21(26)15-9-18;1-11-7-5-6-10-13(11)15(18-17)14(16)12-8-3-2-4-9-12/h4-15H,1-3H3;2-10,15H,1H3/q-1;+1. The van der Waals surface area contributed by atoms with Gasteiger partial charge in [0.05, 0.1) is 6.15 Å². The third kappa shape index (κ3) is 6.89. The van der Waals surface area contributed by atoms with Crippen molar-refractivity contribution < 1.29 is 22.2 Å². The lowest BCUT2D eigenvalue weighted by Crippen LogP contribution is -2.72. The zero-order valence-electron chi connectivity index (χ0n) is 25.1. The van der Waals surface area contributed by atoms with Gasteiger partial charge in [0, 0.05) is 15.3 Å². The predicted molar refractivity (Wildman–Crippen MR) is 176 cm³/mol.